The van der Waals surface area contributed by atoms with Gasteiger partial charge in [-0.15, -0.1) is 0 Å². The first-order chi connectivity index (χ1) is 16.5. The number of aliphatic hydroxyl groups excluding tert-OH is 2. The van der Waals surface area contributed by atoms with Crippen molar-refractivity contribution in [3.63, 3.8) is 0 Å². The van der Waals surface area contributed by atoms with Crippen LogP contribution in [0.5, 0.6) is 5.88 Å². The van der Waals surface area contributed by atoms with Crippen molar-refractivity contribution in [2.24, 2.45) is 0 Å². The van der Waals surface area contributed by atoms with Crippen molar-refractivity contribution in [2.45, 2.75) is 37.2 Å². The number of benzene rings is 1. The number of methoxy groups -OCH3 is 1. The second kappa shape index (κ2) is 11.0. The minimum atomic E-state index is -1.20. The lowest BCUT2D eigenvalue weighted by atomic mass is 9.94. The summed E-state index contributed by atoms with van der Waals surface area (Å²) in [4.78, 5) is 8.62. The molecule has 4 atom stereocenters. The third-order valence-electron chi connectivity index (χ3n) is 5.91. The zero-order valence-electron chi connectivity index (χ0n) is 18.7. The number of nitrogens with zero attached hydrogens (tertiary/aromatic N) is 2. The average molecular weight is 472 g/mol. The van der Waals surface area contributed by atoms with Crippen LogP contribution < -0.4 is 10.1 Å². The Morgan fingerprint density at radius 3 is 2.82 bits per heavy atom. The summed E-state index contributed by atoms with van der Waals surface area (Å²) in [6.07, 6.45) is 3.18. The molecule has 7 nitrogen and oxygen atoms in total. The van der Waals surface area contributed by atoms with Crippen molar-refractivity contribution in [3.05, 3.63) is 71.4 Å². The predicted molar refractivity (Wildman–Crippen MR) is 123 cm³/mol. The third kappa shape index (κ3) is 5.56. The highest BCUT2D eigenvalue weighted by Crippen LogP contribution is 2.29. The molecule has 1 aliphatic heterocycles. The van der Waals surface area contributed by atoms with Gasteiger partial charge in [0.2, 0.25) is 5.88 Å². The standard InChI is InChI=1S/C25H27F2N3O4/c1-33-22-9-7-20-23(30-22)18(10-12-29-20)24(31)25(32)21-8-5-17(14-34-21)28-11-2-3-15-13-16(26)4-6-19(15)27/h2-4,6-7,9-10,12-13,17,21,24-25,28,31-32H,5,8,11,14H2,1H3/b3-2+/t17-,21+,24+,25+/m1/s1. The van der Waals surface area contributed by atoms with Crippen LogP contribution in [0.1, 0.15) is 30.1 Å². The molecule has 180 valence electrons. The lowest BCUT2D eigenvalue weighted by Crippen LogP contribution is -2.45. The molecule has 4 rings (SSSR count). The summed E-state index contributed by atoms with van der Waals surface area (Å²) in [5.41, 5.74) is 1.69. The lowest BCUT2D eigenvalue weighted by molar-refractivity contribution is -0.113. The van der Waals surface area contributed by atoms with E-state index in [-0.39, 0.29) is 11.6 Å². The smallest absolute Gasteiger partial charge is 0.213 e. The van der Waals surface area contributed by atoms with Crippen LogP contribution in [-0.4, -0.2) is 58.7 Å². The van der Waals surface area contributed by atoms with Gasteiger partial charge in [-0.05, 0) is 43.2 Å². The summed E-state index contributed by atoms with van der Waals surface area (Å²) in [7, 11) is 1.51. The van der Waals surface area contributed by atoms with Gasteiger partial charge < -0.3 is 25.0 Å². The lowest BCUT2D eigenvalue weighted by Gasteiger charge is -2.34. The molecule has 1 fully saturated rings. The molecular formula is C25H27F2N3O4. The van der Waals surface area contributed by atoms with Crippen molar-refractivity contribution < 1.29 is 28.5 Å². The van der Waals surface area contributed by atoms with Crippen molar-refractivity contribution in [3.8, 4) is 5.88 Å². The maximum Gasteiger partial charge on any atom is 0.213 e. The van der Waals surface area contributed by atoms with E-state index in [1.165, 1.54) is 13.2 Å². The minimum Gasteiger partial charge on any atom is -0.481 e. The number of halogens is 2. The number of fused-ring (bicyclic) bond motifs is 1. The van der Waals surface area contributed by atoms with E-state index >= 15 is 0 Å². The fraction of sp³-hybridized carbons (Fsp3) is 0.360. The molecule has 3 N–H and O–H groups in total. The largest absolute Gasteiger partial charge is 0.481 e. The van der Waals surface area contributed by atoms with Gasteiger partial charge in [-0.25, -0.2) is 13.8 Å². The van der Waals surface area contributed by atoms with Gasteiger partial charge in [0.1, 0.15) is 23.8 Å². The molecular weight excluding hydrogens is 444 g/mol. The molecule has 0 amide bonds. The number of aromatic nitrogens is 2. The van der Waals surface area contributed by atoms with Gasteiger partial charge in [-0.1, -0.05) is 12.2 Å². The molecule has 0 radical (unpaired) electrons. The fourth-order valence-electron chi connectivity index (χ4n) is 4.03. The van der Waals surface area contributed by atoms with Crippen molar-refractivity contribution >= 4 is 17.1 Å². The highest BCUT2D eigenvalue weighted by molar-refractivity contribution is 5.78. The summed E-state index contributed by atoms with van der Waals surface area (Å²) < 4.78 is 37.9. The van der Waals surface area contributed by atoms with Crippen LogP contribution in [0, 0.1) is 11.6 Å². The number of aliphatic hydroxyl groups is 2. The van der Waals surface area contributed by atoms with Gasteiger partial charge in [-0.3, -0.25) is 4.98 Å². The SMILES string of the molecule is COc1ccc2nccc([C@H](O)[C@@H](O)[C@@H]3CC[C@@H](NC/C=C/c4cc(F)ccc4F)CO3)c2n1. The van der Waals surface area contributed by atoms with E-state index in [2.05, 4.69) is 15.3 Å². The van der Waals surface area contributed by atoms with E-state index < -0.39 is 29.9 Å². The predicted octanol–water partition coefficient (Wildman–Crippen LogP) is 3.16. The molecule has 0 unspecified atom stereocenters. The highest BCUT2D eigenvalue weighted by Gasteiger charge is 2.33. The molecule has 9 heteroatoms. The molecule has 1 saturated heterocycles. The van der Waals surface area contributed by atoms with Gasteiger partial charge in [0.05, 0.1) is 30.9 Å². The Labute approximate surface area is 196 Å². The molecule has 0 saturated carbocycles. The molecule has 0 aliphatic carbocycles. The van der Waals surface area contributed by atoms with E-state index in [0.29, 0.717) is 42.0 Å². The summed E-state index contributed by atoms with van der Waals surface area (Å²) in [5.74, 6) is -0.582. The second-order valence-electron chi connectivity index (χ2n) is 8.18. The third-order valence-corrected chi connectivity index (χ3v) is 5.91. The first-order valence-electron chi connectivity index (χ1n) is 11.1. The maximum atomic E-state index is 13.7. The number of pyridine rings is 2. The number of hydrogen-bond acceptors (Lipinski definition) is 7. The van der Waals surface area contributed by atoms with E-state index in [1.807, 2.05) is 0 Å². The second-order valence-corrected chi connectivity index (χ2v) is 8.18. The van der Waals surface area contributed by atoms with Gasteiger partial charge in [0.25, 0.3) is 0 Å². The Hall–Kier alpha value is -2.98. The molecule has 3 aromatic rings. The summed E-state index contributed by atoms with van der Waals surface area (Å²) in [6, 6.07) is 8.41. The molecule has 0 bridgehead atoms. The maximum absolute atomic E-state index is 13.7. The van der Waals surface area contributed by atoms with Crippen molar-refractivity contribution in [1.29, 1.82) is 0 Å². The number of ether oxygens (including phenoxy) is 2. The van der Waals surface area contributed by atoms with Gasteiger partial charge in [-0.2, -0.15) is 0 Å². The average Bonchev–Trinajstić information content (AvgIpc) is 2.87. The first kappa shape index (κ1) is 24.2. The van der Waals surface area contributed by atoms with E-state index in [1.54, 1.807) is 30.5 Å². The van der Waals surface area contributed by atoms with Crippen molar-refractivity contribution in [2.75, 3.05) is 20.3 Å². The van der Waals surface area contributed by atoms with E-state index in [9.17, 15) is 19.0 Å². The fourth-order valence-corrected chi connectivity index (χ4v) is 4.03. The van der Waals surface area contributed by atoms with Crippen LogP contribution in [0.15, 0.2) is 48.7 Å². The van der Waals surface area contributed by atoms with Crippen LogP contribution in [0.4, 0.5) is 8.78 Å². The molecule has 3 heterocycles. The van der Waals surface area contributed by atoms with Gasteiger partial charge in [0.15, 0.2) is 0 Å². The summed E-state index contributed by atoms with van der Waals surface area (Å²) >= 11 is 0. The number of rotatable bonds is 8. The molecule has 1 aliphatic rings. The zero-order chi connectivity index (χ0) is 24.1. The normalized spacial score (nSPS) is 20.5. The Kier molecular flexibility index (Phi) is 7.79. The van der Waals surface area contributed by atoms with E-state index in [0.717, 1.165) is 24.6 Å². The zero-order valence-corrected chi connectivity index (χ0v) is 18.7. The van der Waals surface area contributed by atoms with Gasteiger partial charge in [0, 0.05) is 36.0 Å². The van der Waals surface area contributed by atoms with Crippen LogP contribution in [0.2, 0.25) is 0 Å². The number of nitrogens with one attached hydrogen (secondary N) is 1. The van der Waals surface area contributed by atoms with Crippen LogP contribution in [0.3, 0.4) is 0 Å². The van der Waals surface area contributed by atoms with Crippen LogP contribution >= 0.6 is 0 Å². The Morgan fingerprint density at radius 2 is 2.06 bits per heavy atom. The quantitative estimate of drug-likeness (QED) is 0.464. The number of hydrogen-bond donors (Lipinski definition) is 3. The van der Waals surface area contributed by atoms with Crippen LogP contribution in [0.25, 0.3) is 17.1 Å². The van der Waals surface area contributed by atoms with Crippen LogP contribution in [-0.2, 0) is 4.74 Å². The highest BCUT2D eigenvalue weighted by atomic mass is 19.1. The Bertz CT molecular complexity index is 1150. The molecule has 1 aromatic carbocycles. The Morgan fingerprint density at radius 1 is 1.21 bits per heavy atom. The monoisotopic (exact) mass is 471 g/mol. The minimum absolute atomic E-state index is 0.0373. The topological polar surface area (TPSA) is 96.7 Å². The van der Waals surface area contributed by atoms with Crippen molar-refractivity contribution in [1.82, 2.24) is 15.3 Å². The summed E-state index contributed by atoms with van der Waals surface area (Å²) in [5, 5.41) is 25.0. The Balaban J connectivity index is 1.31. The molecule has 2 aromatic heterocycles. The van der Waals surface area contributed by atoms with E-state index in [4.69, 9.17) is 9.47 Å². The summed E-state index contributed by atoms with van der Waals surface area (Å²) in [6.45, 7) is 0.802. The van der Waals surface area contributed by atoms with Gasteiger partial charge >= 0.3 is 0 Å². The molecule has 0 spiro atoms. The molecule has 34 heavy (non-hydrogen) atoms. The first-order valence-corrected chi connectivity index (χ1v) is 11.1.